The minimum absolute atomic E-state index is 0.611. The summed E-state index contributed by atoms with van der Waals surface area (Å²) in [6.45, 7) is 13.8. The van der Waals surface area contributed by atoms with Crippen LogP contribution in [0.4, 0.5) is 11.4 Å². The first-order valence-electron chi connectivity index (χ1n) is 13.3. The van der Waals surface area contributed by atoms with Crippen molar-refractivity contribution in [3.63, 3.8) is 0 Å². The number of fused-ring (bicyclic) bond motifs is 1. The first kappa shape index (κ1) is 24.7. The second-order valence-corrected chi connectivity index (χ2v) is 10.4. The number of nitrogens with one attached hydrogen (secondary N) is 2. The molecule has 36 heavy (non-hydrogen) atoms. The zero-order valence-electron chi connectivity index (χ0n) is 21.5. The highest BCUT2D eigenvalue weighted by molar-refractivity contribution is 5.88. The van der Waals surface area contributed by atoms with Gasteiger partial charge in [-0.2, -0.15) is 0 Å². The van der Waals surface area contributed by atoms with Crippen LogP contribution in [0.3, 0.4) is 0 Å². The van der Waals surface area contributed by atoms with E-state index in [-0.39, 0.29) is 0 Å². The van der Waals surface area contributed by atoms with Crippen LogP contribution in [0.2, 0.25) is 0 Å². The van der Waals surface area contributed by atoms with Crippen molar-refractivity contribution < 1.29 is 0 Å². The summed E-state index contributed by atoms with van der Waals surface area (Å²) in [7, 11) is 0. The molecule has 5 rings (SSSR count). The highest BCUT2D eigenvalue weighted by Crippen LogP contribution is 2.30. The van der Waals surface area contributed by atoms with Crippen molar-refractivity contribution in [1.82, 2.24) is 20.1 Å². The van der Waals surface area contributed by atoms with Crippen molar-refractivity contribution in [3.8, 4) is 11.3 Å². The van der Waals surface area contributed by atoms with Crippen LogP contribution < -0.4 is 10.2 Å². The molecule has 2 N–H and O–H groups in total. The molecule has 0 unspecified atom stereocenters. The molecule has 0 radical (unpaired) electrons. The van der Waals surface area contributed by atoms with Gasteiger partial charge in [-0.3, -0.25) is 9.80 Å². The number of piperazine rings is 1. The number of rotatable bonds is 8. The summed E-state index contributed by atoms with van der Waals surface area (Å²) in [5, 5.41) is 8.60. The van der Waals surface area contributed by atoms with E-state index in [0.717, 1.165) is 42.8 Å². The minimum Gasteiger partial charge on any atom is -0.371 e. The summed E-state index contributed by atoms with van der Waals surface area (Å²) in [6, 6.07) is 17.9. The lowest BCUT2D eigenvalue weighted by atomic mass is 10.0. The molecular weight excluding hydrogens is 448 g/mol. The molecule has 0 spiro atoms. The largest absolute Gasteiger partial charge is 0.371 e. The fourth-order valence-corrected chi connectivity index (χ4v) is 5.53. The monoisotopic (exact) mass is 486 g/mol. The Morgan fingerprint density at radius 1 is 1.03 bits per heavy atom. The molecule has 0 aliphatic carbocycles. The molecule has 8 heteroatoms. The number of hydrogen-bond acceptors (Lipinski definition) is 5. The second-order valence-electron chi connectivity index (χ2n) is 10.4. The molecule has 2 saturated heterocycles. The Labute approximate surface area is 213 Å². The second kappa shape index (κ2) is 11.4. The van der Waals surface area contributed by atoms with E-state index in [4.69, 9.17) is 5.53 Å². The van der Waals surface area contributed by atoms with Crippen LogP contribution in [-0.2, 0) is 0 Å². The fourth-order valence-electron chi connectivity index (χ4n) is 5.53. The van der Waals surface area contributed by atoms with E-state index < -0.39 is 0 Å². The number of anilines is 1. The third-order valence-corrected chi connectivity index (χ3v) is 7.78. The maximum absolute atomic E-state index is 8.70. The van der Waals surface area contributed by atoms with E-state index in [0.29, 0.717) is 17.8 Å². The van der Waals surface area contributed by atoms with Crippen molar-refractivity contribution in [2.45, 2.75) is 38.8 Å². The molecule has 0 atom stereocenters. The average Bonchev–Trinajstić information content (AvgIpc) is 3.33. The minimum atomic E-state index is 0.611. The Morgan fingerprint density at radius 3 is 2.58 bits per heavy atom. The summed E-state index contributed by atoms with van der Waals surface area (Å²) in [4.78, 5) is 14.1. The highest BCUT2D eigenvalue weighted by Gasteiger charge is 2.21. The summed E-state index contributed by atoms with van der Waals surface area (Å²) in [6.07, 6.45) is 2.36. The lowest BCUT2D eigenvalue weighted by Gasteiger charge is -2.37. The molecular formula is C28H38N8. The van der Waals surface area contributed by atoms with Gasteiger partial charge in [-0.05, 0) is 68.1 Å². The first-order chi connectivity index (χ1) is 17.6. The summed E-state index contributed by atoms with van der Waals surface area (Å²) >= 11 is 0. The number of piperidine rings is 1. The molecule has 8 nitrogen and oxygen atoms in total. The molecule has 0 saturated carbocycles. The van der Waals surface area contributed by atoms with Crippen LogP contribution in [0.15, 0.2) is 53.6 Å². The van der Waals surface area contributed by atoms with Gasteiger partial charge in [0.15, 0.2) is 0 Å². The Morgan fingerprint density at radius 2 is 1.83 bits per heavy atom. The quantitative estimate of drug-likeness (QED) is 0.255. The van der Waals surface area contributed by atoms with Gasteiger partial charge in [-0.25, -0.2) is 0 Å². The smallest absolute Gasteiger partial charge is 0.0465 e. The third kappa shape index (κ3) is 5.85. The molecule has 2 aliphatic heterocycles. The van der Waals surface area contributed by atoms with Crippen LogP contribution in [0.5, 0.6) is 0 Å². The van der Waals surface area contributed by atoms with E-state index in [1.807, 2.05) is 18.2 Å². The van der Waals surface area contributed by atoms with Crippen LogP contribution in [0.1, 0.15) is 26.7 Å². The third-order valence-electron chi connectivity index (χ3n) is 7.78. The molecule has 3 aromatic rings. The standard InChI is InChI=1S/C28H38N8/c1-21(2)35-16-14-34(15-17-35)13-10-30-24-8-11-36(12-9-24)26-5-3-4-22(19-26)28-20-23-18-25(32-33-29)6-7-27(23)31-28/h3-7,18-21,24,30-31H,8-17H2,1-2H3. The van der Waals surface area contributed by atoms with Crippen molar-refractivity contribution in [3.05, 3.63) is 59.0 Å². The Bertz CT molecular complexity index is 1200. The summed E-state index contributed by atoms with van der Waals surface area (Å²) in [5.74, 6) is 0. The summed E-state index contributed by atoms with van der Waals surface area (Å²) < 4.78 is 0. The molecule has 2 aliphatic rings. The van der Waals surface area contributed by atoms with E-state index in [9.17, 15) is 0 Å². The number of azide groups is 1. The first-order valence-corrected chi connectivity index (χ1v) is 13.3. The van der Waals surface area contributed by atoms with Crippen LogP contribution in [-0.4, -0.2) is 79.2 Å². The molecule has 0 amide bonds. The van der Waals surface area contributed by atoms with Gasteiger partial charge in [0.2, 0.25) is 0 Å². The predicted molar refractivity (Wildman–Crippen MR) is 149 cm³/mol. The van der Waals surface area contributed by atoms with Gasteiger partial charge in [0.1, 0.15) is 0 Å². The normalized spacial score (nSPS) is 18.1. The number of aromatic amines is 1. The number of nitrogens with zero attached hydrogens (tertiary/aromatic N) is 6. The van der Waals surface area contributed by atoms with Crippen molar-refractivity contribution in [2.75, 3.05) is 57.3 Å². The molecule has 0 bridgehead atoms. The Kier molecular flexibility index (Phi) is 7.78. The summed E-state index contributed by atoms with van der Waals surface area (Å²) in [5.41, 5.74) is 13.9. The zero-order chi connectivity index (χ0) is 24.9. The van der Waals surface area contributed by atoms with Gasteiger partial charge < -0.3 is 15.2 Å². The zero-order valence-corrected chi connectivity index (χ0v) is 21.5. The number of aromatic nitrogens is 1. The molecule has 1 aromatic heterocycles. The fraction of sp³-hybridized carbons (Fsp3) is 0.500. The van der Waals surface area contributed by atoms with Crippen molar-refractivity contribution in [2.24, 2.45) is 5.11 Å². The van der Waals surface area contributed by atoms with E-state index >= 15 is 0 Å². The van der Waals surface area contributed by atoms with Gasteiger partial charge in [0, 0.05) is 97.3 Å². The molecule has 3 heterocycles. The van der Waals surface area contributed by atoms with Crippen molar-refractivity contribution >= 4 is 22.3 Å². The van der Waals surface area contributed by atoms with Gasteiger partial charge in [0.25, 0.3) is 0 Å². The van der Waals surface area contributed by atoms with E-state index in [1.54, 1.807) is 0 Å². The van der Waals surface area contributed by atoms with Crippen LogP contribution in [0, 0.1) is 0 Å². The number of hydrogen-bond donors (Lipinski definition) is 2. The van der Waals surface area contributed by atoms with Crippen LogP contribution >= 0.6 is 0 Å². The maximum atomic E-state index is 8.70. The lowest BCUT2D eigenvalue weighted by molar-refractivity contribution is 0.108. The highest BCUT2D eigenvalue weighted by atomic mass is 15.3. The Hall–Kier alpha value is -3.03. The van der Waals surface area contributed by atoms with Gasteiger partial charge >= 0.3 is 0 Å². The van der Waals surface area contributed by atoms with Gasteiger partial charge in [-0.15, -0.1) is 0 Å². The van der Waals surface area contributed by atoms with E-state index in [2.05, 4.69) is 79.2 Å². The molecule has 2 aromatic carbocycles. The van der Waals surface area contributed by atoms with Crippen molar-refractivity contribution in [1.29, 1.82) is 0 Å². The van der Waals surface area contributed by atoms with E-state index in [1.165, 1.54) is 50.3 Å². The SMILES string of the molecule is CC(C)N1CCN(CCNC2CCN(c3cccc(-c4cc5cc(N=[N+]=[N-])ccc5[nH]4)c3)CC2)CC1. The predicted octanol–water partition coefficient (Wildman–Crippen LogP) is 5.36. The molecule has 190 valence electrons. The van der Waals surface area contributed by atoms with Gasteiger partial charge in [-0.1, -0.05) is 23.3 Å². The maximum Gasteiger partial charge on any atom is 0.0465 e. The molecule has 2 fully saturated rings. The lowest BCUT2D eigenvalue weighted by Crippen LogP contribution is -2.51. The topological polar surface area (TPSA) is 86.3 Å². The Balaban J connectivity index is 1.12. The average molecular weight is 487 g/mol. The van der Waals surface area contributed by atoms with Crippen LogP contribution in [0.25, 0.3) is 32.6 Å². The van der Waals surface area contributed by atoms with Gasteiger partial charge in [0.05, 0.1) is 0 Å². The number of benzene rings is 2. The number of H-pyrrole nitrogens is 1.